The largest absolute Gasteiger partial charge is 0.453 e. The van der Waals surface area contributed by atoms with E-state index in [2.05, 4.69) is 21.2 Å². The van der Waals surface area contributed by atoms with Gasteiger partial charge in [0.25, 0.3) is 0 Å². The van der Waals surface area contributed by atoms with Crippen molar-refractivity contribution in [2.24, 2.45) is 5.14 Å². The number of furan rings is 1. The molecular weight excluding hydrogens is 344 g/mol. The molecule has 0 saturated carbocycles. The molecule has 1 heterocycles. The predicted octanol–water partition coefficient (Wildman–Crippen LogP) is 2.54. The van der Waals surface area contributed by atoms with E-state index < -0.39 is 10.0 Å². The van der Waals surface area contributed by atoms with Gasteiger partial charge in [-0.1, -0.05) is 12.1 Å². The van der Waals surface area contributed by atoms with Crippen molar-refractivity contribution in [2.75, 3.05) is 0 Å². The van der Waals surface area contributed by atoms with E-state index in [-0.39, 0.29) is 10.9 Å². The van der Waals surface area contributed by atoms with Crippen LogP contribution in [-0.2, 0) is 16.6 Å². The normalized spacial score (nSPS) is 13.3. The van der Waals surface area contributed by atoms with Crippen molar-refractivity contribution in [1.82, 2.24) is 5.32 Å². The minimum atomic E-state index is -3.67. The Labute approximate surface area is 126 Å². The molecule has 0 amide bonds. The van der Waals surface area contributed by atoms with Crippen molar-refractivity contribution in [3.05, 3.63) is 52.4 Å². The van der Waals surface area contributed by atoms with E-state index in [0.717, 1.165) is 11.3 Å². The summed E-state index contributed by atoms with van der Waals surface area (Å²) in [5, 5.41) is 8.36. The molecule has 1 atom stereocenters. The van der Waals surface area contributed by atoms with Crippen LogP contribution in [0.3, 0.4) is 0 Å². The Kier molecular flexibility index (Phi) is 4.64. The summed E-state index contributed by atoms with van der Waals surface area (Å²) in [6, 6.07) is 10.3. The van der Waals surface area contributed by atoms with E-state index in [1.165, 1.54) is 6.07 Å². The van der Waals surface area contributed by atoms with E-state index in [0.29, 0.717) is 11.2 Å². The minimum Gasteiger partial charge on any atom is -0.453 e. The third-order valence-electron chi connectivity index (χ3n) is 2.86. The number of hydrogen-bond acceptors (Lipinski definition) is 4. The number of hydrogen-bond donors (Lipinski definition) is 2. The van der Waals surface area contributed by atoms with Crippen LogP contribution in [0.4, 0.5) is 0 Å². The molecule has 1 aromatic heterocycles. The van der Waals surface area contributed by atoms with Crippen LogP contribution in [0, 0.1) is 0 Å². The standard InChI is InChI=1S/C13H15BrN2O3S/c1-9(12-5-6-13(14)19-12)16-8-10-3-2-4-11(7-10)20(15,17)18/h2-7,9,16H,8H2,1H3,(H2,15,17,18). The third-order valence-corrected chi connectivity index (χ3v) is 4.20. The van der Waals surface area contributed by atoms with Crippen molar-refractivity contribution in [3.63, 3.8) is 0 Å². The number of nitrogens with one attached hydrogen (secondary N) is 1. The molecule has 1 unspecified atom stereocenters. The molecule has 0 spiro atoms. The Morgan fingerprint density at radius 3 is 2.70 bits per heavy atom. The highest BCUT2D eigenvalue weighted by molar-refractivity contribution is 9.10. The van der Waals surface area contributed by atoms with Crippen LogP contribution in [0.15, 0.2) is 50.4 Å². The van der Waals surface area contributed by atoms with Crippen molar-refractivity contribution in [1.29, 1.82) is 0 Å². The predicted molar refractivity (Wildman–Crippen MR) is 79.5 cm³/mol. The Morgan fingerprint density at radius 2 is 2.10 bits per heavy atom. The molecule has 0 saturated heterocycles. The molecule has 2 aromatic rings. The van der Waals surface area contributed by atoms with Gasteiger partial charge in [-0.05, 0) is 52.7 Å². The summed E-state index contributed by atoms with van der Waals surface area (Å²) < 4.78 is 28.7. The fraction of sp³-hybridized carbons (Fsp3) is 0.231. The molecule has 0 aliphatic carbocycles. The van der Waals surface area contributed by atoms with E-state index in [9.17, 15) is 8.42 Å². The van der Waals surface area contributed by atoms with Crippen LogP contribution in [0.25, 0.3) is 0 Å². The van der Waals surface area contributed by atoms with Crippen molar-refractivity contribution in [2.45, 2.75) is 24.4 Å². The van der Waals surface area contributed by atoms with Gasteiger partial charge < -0.3 is 9.73 Å². The van der Waals surface area contributed by atoms with E-state index in [1.54, 1.807) is 12.1 Å². The maximum Gasteiger partial charge on any atom is 0.238 e. The summed E-state index contributed by atoms with van der Waals surface area (Å²) in [6.07, 6.45) is 0. The summed E-state index contributed by atoms with van der Waals surface area (Å²) in [5.74, 6) is 0.805. The Bertz CT molecular complexity index is 697. The zero-order chi connectivity index (χ0) is 14.8. The first-order valence-electron chi connectivity index (χ1n) is 5.96. The smallest absolute Gasteiger partial charge is 0.238 e. The molecule has 0 bridgehead atoms. The topological polar surface area (TPSA) is 85.3 Å². The van der Waals surface area contributed by atoms with Gasteiger partial charge in [-0.3, -0.25) is 0 Å². The monoisotopic (exact) mass is 358 g/mol. The molecule has 108 valence electrons. The van der Waals surface area contributed by atoms with E-state index in [4.69, 9.17) is 9.56 Å². The fourth-order valence-electron chi connectivity index (χ4n) is 1.76. The molecule has 0 fully saturated rings. The summed E-state index contributed by atoms with van der Waals surface area (Å²) in [5.41, 5.74) is 0.842. The molecule has 5 nitrogen and oxygen atoms in total. The molecule has 0 radical (unpaired) electrons. The lowest BCUT2D eigenvalue weighted by molar-refractivity contribution is 0.418. The first kappa shape index (κ1) is 15.2. The van der Waals surface area contributed by atoms with Gasteiger partial charge in [0.2, 0.25) is 10.0 Å². The Balaban J connectivity index is 2.04. The van der Waals surface area contributed by atoms with Gasteiger partial charge in [-0.25, -0.2) is 13.6 Å². The zero-order valence-electron chi connectivity index (χ0n) is 10.8. The second-order valence-electron chi connectivity index (χ2n) is 4.44. The highest BCUT2D eigenvalue weighted by Crippen LogP contribution is 2.20. The molecule has 2 rings (SSSR count). The highest BCUT2D eigenvalue weighted by atomic mass is 79.9. The highest BCUT2D eigenvalue weighted by Gasteiger charge is 2.11. The van der Waals surface area contributed by atoms with Crippen molar-refractivity contribution < 1.29 is 12.8 Å². The summed E-state index contributed by atoms with van der Waals surface area (Å²) in [4.78, 5) is 0.116. The summed E-state index contributed by atoms with van der Waals surface area (Å²) >= 11 is 3.25. The number of sulfonamides is 1. The first-order valence-corrected chi connectivity index (χ1v) is 8.30. The second-order valence-corrected chi connectivity index (χ2v) is 6.78. The van der Waals surface area contributed by atoms with Crippen molar-refractivity contribution in [3.8, 4) is 0 Å². The number of rotatable bonds is 5. The molecule has 0 aliphatic heterocycles. The molecule has 20 heavy (non-hydrogen) atoms. The van der Waals surface area contributed by atoms with Crippen molar-refractivity contribution >= 4 is 26.0 Å². The van der Waals surface area contributed by atoms with Gasteiger partial charge in [0.05, 0.1) is 10.9 Å². The van der Waals surface area contributed by atoms with Crippen LogP contribution >= 0.6 is 15.9 Å². The SMILES string of the molecule is CC(NCc1cccc(S(N)(=O)=O)c1)c1ccc(Br)o1. The summed E-state index contributed by atoms with van der Waals surface area (Å²) in [6.45, 7) is 2.48. The van der Waals surface area contributed by atoms with E-state index in [1.807, 2.05) is 25.1 Å². The number of halogens is 1. The average molecular weight is 359 g/mol. The maximum absolute atomic E-state index is 11.3. The zero-order valence-corrected chi connectivity index (χ0v) is 13.2. The van der Waals surface area contributed by atoms with Crippen LogP contribution in [0.5, 0.6) is 0 Å². The first-order chi connectivity index (χ1) is 9.36. The number of nitrogens with two attached hydrogens (primary N) is 1. The Hall–Kier alpha value is -1.15. The van der Waals surface area contributed by atoms with E-state index >= 15 is 0 Å². The Morgan fingerprint density at radius 1 is 1.35 bits per heavy atom. The third kappa shape index (κ3) is 3.92. The molecule has 0 aliphatic rings. The molecule has 1 aromatic carbocycles. The van der Waals surface area contributed by atoms with Crippen LogP contribution in [0.2, 0.25) is 0 Å². The molecular formula is C13H15BrN2O3S. The lowest BCUT2D eigenvalue weighted by Gasteiger charge is -2.11. The van der Waals surface area contributed by atoms with Gasteiger partial charge in [0, 0.05) is 6.54 Å². The lowest BCUT2D eigenvalue weighted by atomic mass is 10.2. The van der Waals surface area contributed by atoms with Gasteiger partial charge >= 0.3 is 0 Å². The quantitative estimate of drug-likeness (QED) is 0.859. The van der Waals surface area contributed by atoms with Gasteiger partial charge in [-0.2, -0.15) is 0 Å². The van der Waals surface area contributed by atoms with Crippen LogP contribution in [-0.4, -0.2) is 8.42 Å². The fourth-order valence-corrected chi connectivity index (χ4v) is 2.67. The minimum absolute atomic E-state index is 0.0134. The van der Waals surface area contributed by atoms with Gasteiger partial charge in [0.1, 0.15) is 5.76 Å². The van der Waals surface area contributed by atoms with Crippen LogP contribution < -0.4 is 10.5 Å². The maximum atomic E-state index is 11.3. The molecule has 7 heteroatoms. The number of benzene rings is 1. The number of primary sulfonamides is 1. The second kappa shape index (κ2) is 6.09. The average Bonchev–Trinajstić information content (AvgIpc) is 2.82. The van der Waals surface area contributed by atoms with Crippen LogP contribution in [0.1, 0.15) is 24.3 Å². The molecule has 3 N–H and O–H groups in total. The van der Waals surface area contributed by atoms with Gasteiger partial charge in [-0.15, -0.1) is 0 Å². The van der Waals surface area contributed by atoms with Gasteiger partial charge in [0.15, 0.2) is 4.67 Å². The lowest BCUT2D eigenvalue weighted by Crippen LogP contribution is -2.18. The summed E-state index contributed by atoms with van der Waals surface area (Å²) in [7, 11) is -3.67.